The van der Waals surface area contributed by atoms with Gasteiger partial charge in [0, 0.05) is 6.54 Å². The summed E-state index contributed by atoms with van der Waals surface area (Å²) in [6.07, 6.45) is -0.179. The van der Waals surface area contributed by atoms with Crippen molar-refractivity contribution in [1.29, 1.82) is 0 Å². The van der Waals surface area contributed by atoms with Crippen molar-refractivity contribution >= 4 is 29.0 Å². The van der Waals surface area contributed by atoms with Crippen LogP contribution in [-0.4, -0.2) is 40.9 Å². The molecule has 0 bridgehead atoms. The van der Waals surface area contributed by atoms with Crippen LogP contribution in [0.5, 0.6) is 0 Å². The smallest absolute Gasteiger partial charge is 0.418 e. The van der Waals surface area contributed by atoms with Gasteiger partial charge in [0.15, 0.2) is 5.58 Å². The number of urea groups is 1. The number of hydrogen-bond acceptors (Lipinski definition) is 6. The fourth-order valence-corrected chi connectivity index (χ4v) is 3.64. The number of ether oxygens (including phenoxy) is 1. The Morgan fingerprint density at radius 2 is 1.65 bits per heavy atom. The van der Waals surface area contributed by atoms with Gasteiger partial charge in [-0.2, -0.15) is 0 Å². The highest BCUT2D eigenvalue weighted by atomic mass is 16.6. The molecule has 0 unspecified atom stereocenters. The summed E-state index contributed by atoms with van der Waals surface area (Å²) in [5.41, 5.74) is 3.79. The monoisotopic (exact) mass is 499 g/mol. The molecule has 0 aliphatic heterocycles. The molecule has 1 heterocycles. The van der Waals surface area contributed by atoms with Crippen molar-refractivity contribution in [3.05, 3.63) is 90.3 Å². The van der Waals surface area contributed by atoms with E-state index in [1.165, 1.54) is 0 Å². The minimum atomic E-state index is -0.773. The molecular formula is C29H29N3O5. The topological polar surface area (TPSA) is 102 Å². The minimum Gasteiger partial charge on any atom is -0.444 e. The van der Waals surface area contributed by atoms with E-state index in [4.69, 9.17) is 9.15 Å². The van der Waals surface area contributed by atoms with Crippen LogP contribution in [0.15, 0.2) is 83.3 Å². The number of ketones is 1. The average molecular weight is 500 g/mol. The largest absolute Gasteiger partial charge is 0.444 e. The number of nitrogens with zero attached hydrogens (tertiary/aromatic N) is 2. The maximum atomic E-state index is 12.8. The van der Waals surface area contributed by atoms with Gasteiger partial charge in [-0.15, -0.1) is 0 Å². The van der Waals surface area contributed by atoms with Crippen LogP contribution >= 0.6 is 0 Å². The van der Waals surface area contributed by atoms with Gasteiger partial charge in [0.05, 0.1) is 6.54 Å². The number of aromatic nitrogens is 1. The lowest BCUT2D eigenvalue weighted by atomic mass is 10.1. The molecule has 1 N–H and O–H groups in total. The Morgan fingerprint density at radius 1 is 0.946 bits per heavy atom. The highest BCUT2D eigenvalue weighted by Gasteiger charge is 2.25. The van der Waals surface area contributed by atoms with E-state index >= 15 is 0 Å². The molecule has 0 aliphatic rings. The summed E-state index contributed by atoms with van der Waals surface area (Å²) in [5.74, 6) is -0.354. The van der Waals surface area contributed by atoms with Crippen LogP contribution in [0.3, 0.4) is 0 Å². The normalized spacial score (nSPS) is 10.9. The first-order valence-corrected chi connectivity index (χ1v) is 12.2. The zero-order valence-corrected chi connectivity index (χ0v) is 20.8. The highest BCUT2D eigenvalue weighted by Crippen LogP contribution is 2.24. The molecular weight excluding hydrogens is 470 g/mol. The third-order valence-electron chi connectivity index (χ3n) is 5.73. The first-order valence-electron chi connectivity index (χ1n) is 12.2. The van der Waals surface area contributed by atoms with Crippen molar-refractivity contribution in [2.75, 3.05) is 13.1 Å². The zero-order valence-electron chi connectivity index (χ0n) is 20.8. The number of amides is 3. The van der Waals surface area contributed by atoms with Crippen molar-refractivity contribution in [2.24, 2.45) is 5.92 Å². The Bertz CT molecular complexity index is 1370. The standard InChI is InChI=1S/C29H29N3O5/c1-20(2)15-16-32(29(35)36-19-21-9-5-3-6-10-21)28(34)30-18-25(33)27-31-24-17-23(13-14-26(24)37-27)22-11-7-4-8-12-22/h3-14,17,20H,15-16,18-19H2,1-2H3,(H,30,34). The maximum absolute atomic E-state index is 12.8. The molecule has 0 saturated carbocycles. The van der Waals surface area contributed by atoms with E-state index in [0.29, 0.717) is 17.5 Å². The second-order valence-electron chi connectivity index (χ2n) is 9.02. The molecule has 0 aliphatic carbocycles. The number of hydrogen-bond donors (Lipinski definition) is 1. The third kappa shape index (κ3) is 6.82. The molecule has 0 fully saturated rings. The van der Waals surface area contributed by atoms with Crippen LogP contribution in [0, 0.1) is 5.92 Å². The number of fused-ring (bicyclic) bond motifs is 1. The Morgan fingerprint density at radius 3 is 2.35 bits per heavy atom. The van der Waals surface area contributed by atoms with Crippen molar-refractivity contribution in [2.45, 2.75) is 26.9 Å². The number of Topliss-reactive ketones (excluding diaryl/α,β-unsaturated/α-hetero) is 1. The molecule has 0 spiro atoms. The Kier molecular flexibility index (Phi) is 8.30. The summed E-state index contributed by atoms with van der Waals surface area (Å²) in [6.45, 7) is 3.81. The number of oxazole rings is 1. The summed E-state index contributed by atoms with van der Waals surface area (Å²) in [7, 11) is 0. The van der Waals surface area contributed by atoms with Gasteiger partial charge < -0.3 is 14.5 Å². The number of carbonyl (C=O) groups excluding carboxylic acids is 3. The summed E-state index contributed by atoms with van der Waals surface area (Å²) < 4.78 is 10.9. The molecule has 1 aromatic heterocycles. The Balaban J connectivity index is 1.39. The van der Waals surface area contributed by atoms with Gasteiger partial charge in [-0.3, -0.25) is 4.79 Å². The SMILES string of the molecule is CC(C)CCN(C(=O)NCC(=O)c1nc2cc(-c3ccccc3)ccc2o1)C(=O)OCc1ccccc1. The molecule has 8 heteroatoms. The van der Waals surface area contributed by atoms with Crippen molar-refractivity contribution in [3.8, 4) is 11.1 Å². The van der Waals surface area contributed by atoms with Crippen LogP contribution in [-0.2, 0) is 11.3 Å². The van der Waals surface area contributed by atoms with E-state index in [1.54, 1.807) is 6.07 Å². The first-order chi connectivity index (χ1) is 17.9. The Labute approximate surface area is 215 Å². The Hall–Kier alpha value is -4.46. The van der Waals surface area contributed by atoms with E-state index in [-0.39, 0.29) is 31.5 Å². The summed E-state index contributed by atoms with van der Waals surface area (Å²) in [5, 5.41) is 2.50. The number of imide groups is 1. The van der Waals surface area contributed by atoms with E-state index in [2.05, 4.69) is 10.3 Å². The molecule has 190 valence electrons. The van der Waals surface area contributed by atoms with Gasteiger partial charge in [-0.05, 0) is 41.2 Å². The fraction of sp³-hybridized carbons (Fsp3) is 0.241. The van der Waals surface area contributed by atoms with Gasteiger partial charge in [-0.1, -0.05) is 80.6 Å². The molecule has 8 nitrogen and oxygen atoms in total. The summed E-state index contributed by atoms with van der Waals surface area (Å²) in [4.78, 5) is 43.5. The number of rotatable bonds is 9. The highest BCUT2D eigenvalue weighted by molar-refractivity contribution is 5.99. The van der Waals surface area contributed by atoms with Crippen molar-refractivity contribution < 1.29 is 23.5 Å². The van der Waals surface area contributed by atoms with Gasteiger partial charge in [0.25, 0.3) is 5.89 Å². The number of carbonyl (C=O) groups is 3. The molecule has 37 heavy (non-hydrogen) atoms. The molecule has 3 aromatic carbocycles. The van der Waals surface area contributed by atoms with E-state index in [0.717, 1.165) is 21.6 Å². The lowest BCUT2D eigenvalue weighted by Gasteiger charge is -2.21. The van der Waals surface area contributed by atoms with Crippen LogP contribution in [0.2, 0.25) is 0 Å². The van der Waals surface area contributed by atoms with Gasteiger partial charge in [0.2, 0.25) is 5.78 Å². The van der Waals surface area contributed by atoms with Gasteiger partial charge in [0.1, 0.15) is 12.1 Å². The van der Waals surface area contributed by atoms with Crippen molar-refractivity contribution in [1.82, 2.24) is 15.2 Å². The molecule has 4 rings (SSSR count). The predicted molar refractivity (Wildman–Crippen MR) is 140 cm³/mol. The molecule has 4 aromatic rings. The lowest BCUT2D eigenvalue weighted by molar-refractivity contribution is 0.0933. The molecule has 3 amide bonds. The molecule has 0 atom stereocenters. The van der Waals surface area contributed by atoms with Crippen molar-refractivity contribution in [3.63, 3.8) is 0 Å². The second-order valence-corrected chi connectivity index (χ2v) is 9.02. The lowest BCUT2D eigenvalue weighted by Crippen LogP contribution is -2.46. The molecule has 0 radical (unpaired) electrons. The van der Waals surface area contributed by atoms with E-state index < -0.39 is 17.9 Å². The van der Waals surface area contributed by atoms with Gasteiger partial charge >= 0.3 is 12.1 Å². The van der Waals surface area contributed by atoms with Crippen LogP contribution in [0.25, 0.3) is 22.2 Å². The fourth-order valence-electron chi connectivity index (χ4n) is 3.64. The second kappa shape index (κ2) is 12.0. The molecule has 0 saturated heterocycles. The maximum Gasteiger partial charge on any atom is 0.418 e. The van der Waals surface area contributed by atoms with Crippen LogP contribution in [0.4, 0.5) is 9.59 Å². The summed E-state index contributed by atoms with van der Waals surface area (Å²) >= 11 is 0. The van der Waals surface area contributed by atoms with E-state index in [1.807, 2.05) is 86.6 Å². The van der Waals surface area contributed by atoms with Crippen LogP contribution in [0.1, 0.15) is 36.5 Å². The van der Waals surface area contributed by atoms with Crippen LogP contribution < -0.4 is 5.32 Å². The predicted octanol–water partition coefficient (Wildman–Crippen LogP) is 6.07. The number of nitrogens with one attached hydrogen (secondary N) is 1. The zero-order chi connectivity index (χ0) is 26.2. The number of benzene rings is 3. The van der Waals surface area contributed by atoms with E-state index in [9.17, 15) is 14.4 Å². The third-order valence-corrected chi connectivity index (χ3v) is 5.73. The van der Waals surface area contributed by atoms with Gasteiger partial charge in [-0.25, -0.2) is 19.5 Å². The quantitative estimate of drug-likeness (QED) is 0.280. The minimum absolute atomic E-state index is 0.0396. The summed E-state index contributed by atoms with van der Waals surface area (Å²) in [6, 6.07) is 23.8. The average Bonchev–Trinajstić information content (AvgIpc) is 3.35. The first kappa shape index (κ1) is 25.6.